The van der Waals surface area contributed by atoms with Crippen LogP contribution < -0.4 is 16.4 Å². The number of hydrogen-bond acceptors (Lipinski definition) is 7. The maximum absolute atomic E-state index is 6.30. The number of aromatic nitrogens is 5. The molecule has 0 bridgehead atoms. The summed E-state index contributed by atoms with van der Waals surface area (Å²) in [4.78, 5) is 9.40. The van der Waals surface area contributed by atoms with Crippen LogP contribution in [-0.2, 0) is 0 Å². The van der Waals surface area contributed by atoms with Gasteiger partial charge in [-0.1, -0.05) is 36.3 Å². The summed E-state index contributed by atoms with van der Waals surface area (Å²) in [6.45, 7) is 4.12. The van der Waals surface area contributed by atoms with Gasteiger partial charge in [0.1, 0.15) is 0 Å². The van der Waals surface area contributed by atoms with Crippen LogP contribution in [0.2, 0.25) is 0 Å². The van der Waals surface area contributed by atoms with Crippen LogP contribution in [0, 0.1) is 0 Å². The van der Waals surface area contributed by atoms with Crippen molar-refractivity contribution < 1.29 is 0 Å². The Hall–Kier alpha value is -2.74. The van der Waals surface area contributed by atoms with Crippen LogP contribution in [0.1, 0.15) is 45.6 Å². The molecule has 2 unspecified atom stereocenters. The van der Waals surface area contributed by atoms with Crippen molar-refractivity contribution in [2.45, 2.75) is 57.7 Å². The summed E-state index contributed by atoms with van der Waals surface area (Å²) in [7, 11) is 0. The summed E-state index contributed by atoms with van der Waals surface area (Å²) >= 11 is 0. The number of benzene rings is 1. The molecule has 3 aromatic rings. The summed E-state index contributed by atoms with van der Waals surface area (Å²) < 4.78 is 1.82. The number of anilines is 3. The fourth-order valence-corrected chi connectivity index (χ4v) is 3.49. The highest BCUT2D eigenvalue weighted by Gasteiger charge is 2.24. The van der Waals surface area contributed by atoms with Crippen molar-refractivity contribution in [1.29, 1.82) is 0 Å². The predicted octanol–water partition coefficient (Wildman–Crippen LogP) is 3.23. The van der Waals surface area contributed by atoms with Gasteiger partial charge in [-0.05, 0) is 38.8 Å². The molecule has 0 radical (unpaired) electrons. The number of fused-ring (bicyclic) bond motifs is 1. The van der Waals surface area contributed by atoms with Crippen molar-refractivity contribution in [3.05, 3.63) is 30.3 Å². The quantitative estimate of drug-likeness (QED) is 0.636. The van der Waals surface area contributed by atoms with Gasteiger partial charge in [0.05, 0.1) is 6.04 Å². The third-order valence-corrected chi connectivity index (χ3v) is 4.98. The van der Waals surface area contributed by atoms with Gasteiger partial charge in [0.15, 0.2) is 17.0 Å². The van der Waals surface area contributed by atoms with E-state index >= 15 is 0 Å². The Morgan fingerprint density at radius 1 is 1.11 bits per heavy atom. The predicted molar refractivity (Wildman–Crippen MR) is 107 cm³/mol. The second kappa shape index (κ2) is 7.48. The molecule has 1 saturated carbocycles. The van der Waals surface area contributed by atoms with E-state index in [1.54, 1.807) is 0 Å². The van der Waals surface area contributed by atoms with Crippen molar-refractivity contribution in [2.24, 2.45) is 5.73 Å². The molecule has 1 aliphatic carbocycles. The molecule has 0 saturated heterocycles. The van der Waals surface area contributed by atoms with Gasteiger partial charge in [-0.15, -0.1) is 5.10 Å². The average Bonchev–Trinajstić information content (AvgIpc) is 3.09. The molecular weight excluding hydrogens is 340 g/mol. The van der Waals surface area contributed by atoms with Crippen LogP contribution in [0.3, 0.4) is 0 Å². The molecule has 1 aliphatic rings. The summed E-state index contributed by atoms with van der Waals surface area (Å²) in [5.41, 5.74) is 8.61. The molecule has 142 valence electrons. The summed E-state index contributed by atoms with van der Waals surface area (Å²) in [5.74, 6) is 1.21. The van der Waals surface area contributed by atoms with Crippen molar-refractivity contribution in [3.8, 4) is 0 Å². The van der Waals surface area contributed by atoms with E-state index in [0.717, 1.165) is 18.5 Å². The van der Waals surface area contributed by atoms with Crippen molar-refractivity contribution >= 4 is 28.6 Å². The maximum atomic E-state index is 6.30. The number of hydrogen-bond donors (Lipinski definition) is 3. The first-order chi connectivity index (χ1) is 13.1. The van der Waals surface area contributed by atoms with Crippen molar-refractivity contribution in [2.75, 3.05) is 10.6 Å². The molecule has 8 nitrogen and oxygen atoms in total. The fourth-order valence-electron chi connectivity index (χ4n) is 3.49. The molecule has 4 rings (SSSR count). The zero-order valence-electron chi connectivity index (χ0n) is 15.8. The lowest BCUT2D eigenvalue weighted by Gasteiger charge is -2.29. The van der Waals surface area contributed by atoms with E-state index in [-0.39, 0.29) is 18.1 Å². The molecule has 0 spiro atoms. The highest BCUT2D eigenvalue weighted by atomic mass is 15.5. The SMILES string of the molecule is CC(C)n1nnc2c(Nc3ccccc3)nc(NC3CCCCC3N)nc21. The fraction of sp³-hybridized carbons (Fsp3) is 0.474. The number of nitrogens with one attached hydrogen (secondary N) is 2. The first-order valence-corrected chi connectivity index (χ1v) is 9.59. The Labute approximate surface area is 158 Å². The number of para-hydroxylation sites is 1. The largest absolute Gasteiger partial charge is 0.350 e. The molecule has 4 N–H and O–H groups in total. The third-order valence-electron chi connectivity index (χ3n) is 4.98. The van der Waals surface area contributed by atoms with Gasteiger partial charge >= 0.3 is 0 Å². The third kappa shape index (κ3) is 3.71. The molecule has 0 aliphatic heterocycles. The van der Waals surface area contributed by atoms with Crippen molar-refractivity contribution in [1.82, 2.24) is 25.0 Å². The van der Waals surface area contributed by atoms with E-state index in [2.05, 4.69) is 34.8 Å². The van der Waals surface area contributed by atoms with E-state index in [4.69, 9.17) is 15.7 Å². The van der Waals surface area contributed by atoms with Gasteiger partial charge < -0.3 is 16.4 Å². The second-order valence-corrected chi connectivity index (χ2v) is 7.39. The highest BCUT2D eigenvalue weighted by Crippen LogP contribution is 2.26. The van der Waals surface area contributed by atoms with Gasteiger partial charge in [-0.3, -0.25) is 0 Å². The molecule has 1 fully saturated rings. The van der Waals surface area contributed by atoms with Gasteiger partial charge in [0, 0.05) is 17.8 Å². The van der Waals surface area contributed by atoms with Crippen LogP contribution in [-0.4, -0.2) is 37.0 Å². The highest BCUT2D eigenvalue weighted by molar-refractivity contribution is 5.86. The minimum Gasteiger partial charge on any atom is -0.350 e. The normalized spacial score (nSPS) is 20.1. The Morgan fingerprint density at radius 3 is 2.63 bits per heavy atom. The lowest BCUT2D eigenvalue weighted by atomic mass is 9.91. The second-order valence-electron chi connectivity index (χ2n) is 7.39. The number of nitrogens with two attached hydrogens (primary N) is 1. The van der Waals surface area contributed by atoms with Crippen LogP contribution >= 0.6 is 0 Å². The van der Waals surface area contributed by atoms with Gasteiger partial charge in [0.2, 0.25) is 5.95 Å². The molecule has 2 aromatic heterocycles. The van der Waals surface area contributed by atoms with Gasteiger partial charge in [-0.2, -0.15) is 9.97 Å². The zero-order valence-corrected chi connectivity index (χ0v) is 15.8. The van der Waals surface area contributed by atoms with Gasteiger partial charge in [-0.25, -0.2) is 4.68 Å². The number of nitrogens with zero attached hydrogens (tertiary/aromatic N) is 5. The summed E-state index contributed by atoms with van der Waals surface area (Å²) in [6, 6.07) is 10.4. The minimum absolute atomic E-state index is 0.122. The van der Waals surface area contributed by atoms with Crippen LogP contribution in [0.25, 0.3) is 11.2 Å². The zero-order chi connectivity index (χ0) is 18.8. The molecule has 1 aromatic carbocycles. The Bertz CT molecular complexity index is 905. The smallest absolute Gasteiger partial charge is 0.227 e. The standard InChI is InChI=1S/C19H26N8/c1-12(2)27-18-16(25-26-27)17(21-13-8-4-3-5-9-13)23-19(24-18)22-15-11-7-6-10-14(15)20/h3-5,8-9,12,14-15H,6-7,10-11,20H2,1-2H3,(H2,21,22,23,24). The van der Waals surface area contributed by atoms with Crippen molar-refractivity contribution in [3.63, 3.8) is 0 Å². The Kier molecular flexibility index (Phi) is 4.89. The Morgan fingerprint density at radius 2 is 1.89 bits per heavy atom. The van der Waals surface area contributed by atoms with E-state index in [1.165, 1.54) is 12.8 Å². The lowest BCUT2D eigenvalue weighted by Crippen LogP contribution is -2.43. The molecule has 2 atom stereocenters. The maximum Gasteiger partial charge on any atom is 0.227 e. The van der Waals surface area contributed by atoms with E-state index in [9.17, 15) is 0 Å². The Balaban J connectivity index is 1.73. The lowest BCUT2D eigenvalue weighted by molar-refractivity contribution is 0.402. The first-order valence-electron chi connectivity index (χ1n) is 9.59. The molecule has 0 amide bonds. The van der Waals surface area contributed by atoms with Crippen LogP contribution in [0.5, 0.6) is 0 Å². The monoisotopic (exact) mass is 366 g/mol. The molecule has 27 heavy (non-hydrogen) atoms. The minimum atomic E-state index is 0.122. The van der Waals surface area contributed by atoms with Crippen LogP contribution in [0.15, 0.2) is 30.3 Å². The molecule has 8 heteroatoms. The summed E-state index contributed by atoms with van der Waals surface area (Å²) in [5, 5.41) is 15.4. The van der Waals surface area contributed by atoms with Crippen LogP contribution in [0.4, 0.5) is 17.5 Å². The number of rotatable bonds is 5. The molecule has 2 heterocycles. The average molecular weight is 366 g/mol. The van der Waals surface area contributed by atoms with E-state index in [1.807, 2.05) is 35.0 Å². The van der Waals surface area contributed by atoms with Gasteiger partial charge in [0.25, 0.3) is 0 Å². The van der Waals surface area contributed by atoms with E-state index < -0.39 is 0 Å². The first kappa shape index (κ1) is 17.7. The topological polar surface area (TPSA) is 107 Å². The van der Waals surface area contributed by atoms with E-state index in [0.29, 0.717) is 22.9 Å². The summed E-state index contributed by atoms with van der Waals surface area (Å²) in [6.07, 6.45) is 4.42. The molecular formula is C19H26N8.